The number of aromatic nitrogens is 4. The van der Waals surface area contributed by atoms with Gasteiger partial charge in [0.2, 0.25) is 0 Å². The van der Waals surface area contributed by atoms with Gasteiger partial charge in [0.15, 0.2) is 23.1 Å². The molecule has 4 aliphatic rings. The van der Waals surface area contributed by atoms with E-state index in [1.165, 1.54) is 121 Å². The maximum atomic E-state index is 15.6. The van der Waals surface area contributed by atoms with Crippen LogP contribution >= 0.6 is 69.6 Å². The average molecular weight is 1880 g/mol. The van der Waals surface area contributed by atoms with Gasteiger partial charge >= 0.3 is 0 Å². The Morgan fingerprint density at radius 1 is 0.341 bits per heavy atom. The summed E-state index contributed by atoms with van der Waals surface area (Å²) in [4.78, 5) is 66.8. The van der Waals surface area contributed by atoms with Crippen LogP contribution in [0.2, 0.25) is 30.1 Å². The van der Waals surface area contributed by atoms with Gasteiger partial charge in [-0.15, -0.1) is 0 Å². The van der Waals surface area contributed by atoms with Crippen molar-refractivity contribution < 1.29 is 54.3 Å². The number of hydrogen-bond donors (Lipinski definition) is 4. The number of alkyl halides is 5. The van der Waals surface area contributed by atoms with Crippen molar-refractivity contribution in [2.45, 2.75) is 201 Å². The van der Waals surface area contributed by atoms with Crippen LogP contribution in [-0.4, -0.2) is 136 Å². The molecule has 0 amide bonds. The zero-order chi connectivity index (χ0) is 93.7. The Balaban J connectivity index is 0.000000147. The topological polar surface area (TPSA) is 144 Å². The van der Waals surface area contributed by atoms with Gasteiger partial charge in [-0.3, -0.25) is 38.8 Å². The molecule has 0 saturated carbocycles. The Kier molecular flexibility index (Phi) is 29.5. The Bertz CT molecular complexity index is 5870. The number of carbonyl (C=O) groups excluding carboxylic acids is 4. The number of nitrogens with one attached hydrogen (secondary N) is 4. The van der Waals surface area contributed by atoms with Gasteiger partial charge in [-0.1, -0.05) is 149 Å². The van der Waals surface area contributed by atoms with Crippen molar-refractivity contribution in [1.29, 1.82) is 0 Å². The molecule has 16 rings (SSSR count). The molecule has 0 spiro atoms. The molecule has 8 aromatic carbocycles. The van der Waals surface area contributed by atoms with Gasteiger partial charge < -0.3 is 19.9 Å². The number of ketones is 4. The number of H-pyrrole nitrogens is 4. The molecule has 4 aliphatic heterocycles. The molecule has 4 aromatic heterocycles. The quantitative estimate of drug-likeness (QED) is 0.0436. The number of halogens is 14. The van der Waals surface area contributed by atoms with Gasteiger partial charge in [0.05, 0.1) is 30.7 Å². The Hall–Kier alpha value is -9.42. The van der Waals surface area contributed by atoms with Crippen LogP contribution in [0.25, 0.3) is 67.9 Å². The van der Waals surface area contributed by atoms with Crippen LogP contribution in [0.1, 0.15) is 218 Å². The number of hydrogen-bond acceptors (Lipinski definition) is 8. The van der Waals surface area contributed by atoms with Crippen LogP contribution in [0.3, 0.4) is 0 Å². The van der Waals surface area contributed by atoms with E-state index in [1.54, 1.807) is 67.3 Å². The van der Waals surface area contributed by atoms with Crippen molar-refractivity contribution >= 4 is 161 Å². The normalized spacial score (nSPS) is 19.5. The fourth-order valence-electron chi connectivity index (χ4n) is 18.6. The first-order chi connectivity index (χ1) is 60.6. The molecule has 12 aromatic rings. The number of benzene rings is 8. The summed E-state index contributed by atoms with van der Waals surface area (Å²) in [6.07, 6.45) is 14.8. The molecule has 4 N–H and O–H groups in total. The zero-order valence-corrected chi connectivity index (χ0v) is 78.9. The van der Waals surface area contributed by atoms with Crippen molar-refractivity contribution in [2.75, 3.05) is 26.2 Å². The van der Waals surface area contributed by atoms with E-state index in [4.69, 9.17) is 69.6 Å². The predicted octanol–water partition coefficient (Wildman–Crippen LogP) is 27.7. The van der Waals surface area contributed by atoms with E-state index in [0.717, 1.165) is 103 Å². The summed E-state index contributed by atoms with van der Waals surface area (Å²) in [5, 5.41) is 6.23. The summed E-state index contributed by atoms with van der Waals surface area (Å²) in [7, 11) is 0. The predicted molar refractivity (Wildman–Crippen MR) is 511 cm³/mol. The molecular formula is C103H104Cl6F8N8O4. The number of carbonyl (C=O) groups is 4. The summed E-state index contributed by atoms with van der Waals surface area (Å²) in [5.41, 5.74) is 11.2. The first-order valence-corrected chi connectivity index (χ1v) is 45.1. The lowest BCUT2D eigenvalue weighted by molar-refractivity contribution is -0.113. The zero-order valence-electron chi connectivity index (χ0n) is 74.4. The lowest BCUT2D eigenvalue weighted by Crippen LogP contribution is -2.48. The second kappa shape index (κ2) is 39.2. The van der Waals surface area contributed by atoms with E-state index in [0.29, 0.717) is 66.4 Å². The molecule has 12 nitrogen and oxygen atoms in total. The average Bonchev–Trinajstić information content (AvgIpc) is 1.63. The molecular weight excluding hydrogens is 1780 g/mol. The van der Waals surface area contributed by atoms with Gasteiger partial charge in [0.1, 0.15) is 34.5 Å². The highest BCUT2D eigenvalue weighted by atomic mass is 35.5. The van der Waals surface area contributed by atoms with Crippen LogP contribution in [-0.2, 0) is 44.9 Å². The summed E-state index contributed by atoms with van der Waals surface area (Å²) in [5.74, 6) is -4.73. The number of rotatable bonds is 20. The standard InChI is InChI=1S/C26H27Cl2FN2O.C26H26ClF3N2O.C26H27ClF2N2O.C25H24Cl2F2N2O/c1-15-11-19-18-7-5-6-8-22(18)30-24(19)25(31(15)14-26(3,4)29)23-20(27)12-17(13-21(23)28)10-9-16(2)32;1-14-9-19-18-12-17(28)7-8-22(18)31-24(19)25(32(14)13-26(3,4)30)23-20(27)10-16(11-21(23)29)6-5-15(2)33;1-15-11-19-18-7-5-6-8-22(18)30-24(19)25(31(15)14-26(3,4)29)23-20(27)12-17(13-21(23)28)10-9-16(2)32;1-14-10-18-17-6-4-5-7-21(17)30-23(18)24(31(14)13-25(3,28)29)22-19(26)11-16(12-20(22)27)9-8-15(2)32/h5-10,12-13,15,25,30H,11,14H2,1-4H3;5-8,10-12,14,25,31H,9,13H2,1-4H3;5-10,12-13,15,25,30H,11,14H2,1-4H3;4-9,11-12,14,24,30H,10,13H2,1-3H3/b10-9+;6-5+;10-9+;9-8+/t15-,25-;;15-,25-;14-,24-/m1.11/s1. The minimum absolute atomic E-state index is 0.0190. The highest BCUT2D eigenvalue weighted by molar-refractivity contribution is 6.37. The van der Waals surface area contributed by atoms with Gasteiger partial charge in [-0.05, 0) is 276 Å². The lowest BCUT2D eigenvalue weighted by atomic mass is 9.87. The highest BCUT2D eigenvalue weighted by Crippen LogP contribution is 2.52. The van der Waals surface area contributed by atoms with Crippen molar-refractivity contribution in [3.63, 3.8) is 0 Å². The monoisotopic (exact) mass is 1880 g/mol. The number of aromatic amines is 4. The maximum Gasteiger partial charge on any atom is 0.257 e. The number of para-hydroxylation sites is 3. The Morgan fingerprint density at radius 3 is 0.845 bits per heavy atom. The van der Waals surface area contributed by atoms with Crippen LogP contribution < -0.4 is 0 Å². The first kappa shape index (κ1) is 97.1. The van der Waals surface area contributed by atoms with E-state index < -0.39 is 59.2 Å². The molecule has 0 fully saturated rings. The number of allylic oxidation sites excluding steroid dienone is 4. The molecule has 0 saturated heterocycles. The molecule has 0 bridgehead atoms. The van der Waals surface area contributed by atoms with Gasteiger partial charge in [0, 0.05) is 170 Å². The molecule has 678 valence electrons. The minimum atomic E-state index is -2.89. The molecule has 129 heavy (non-hydrogen) atoms. The number of nitrogens with zero attached hydrogens (tertiary/aromatic N) is 4. The Labute approximate surface area is 777 Å². The van der Waals surface area contributed by atoms with Crippen LogP contribution in [0.15, 0.2) is 164 Å². The van der Waals surface area contributed by atoms with E-state index in [9.17, 15) is 45.5 Å². The largest absolute Gasteiger partial charge is 0.357 e. The fourth-order valence-corrected chi connectivity index (χ4v) is 20.7. The van der Waals surface area contributed by atoms with Crippen LogP contribution in [0, 0.1) is 17.5 Å². The van der Waals surface area contributed by atoms with E-state index in [2.05, 4.69) is 50.0 Å². The summed E-state index contributed by atoms with van der Waals surface area (Å²) in [6, 6.07) is 39.2. The van der Waals surface area contributed by atoms with Gasteiger partial charge in [-0.2, -0.15) is 0 Å². The second-order valence-corrected chi connectivity index (χ2v) is 38.9. The fraction of sp³-hybridized carbons (Fsp3) is 0.340. The molecule has 8 heterocycles. The maximum absolute atomic E-state index is 15.6. The molecule has 0 radical (unpaired) electrons. The van der Waals surface area contributed by atoms with E-state index in [-0.39, 0.29) is 94.4 Å². The third-order valence-corrected chi connectivity index (χ3v) is 25.7. The van der Waals surface area contributed by atoms with Gasteiger partial charge in [-0.25, -0.2) is 35.1 Å². The van der Waals surface area contributed by atoms with Crippen molar-refractivity contribution in [2.24, 2.45) is 0 Å². The van der Waals surface area contributed by atoms with E-state index >= 15 is 8.78 Å². The molecule has 26 heteroatoms. The SMILES string of the molecule is CC(=O)/C=C/c1cc(Cl)c([C@@H]2c3[nH]c4ccccc4c3C[C@@H](C)N2CC(C)(C)F)c(Cl)c1.CC(=O)/C=C/c1cc(Cl)c([C@@H]2c3[nH]c4ccccc4c3C[C@@H](C)N2CC(C)(F)F)c(Cl)c1.CC(=O)/C=C/c1cc(F)c(C2c3[nH]c4ccc(F)cc4c3CC(C)N2CC(C)(C)F)c(Cl)c1.CC(=O)/C=C/c1cc(F)c([C@@H]2c3[nH]c4ccccc4c3C[C@@H](C)N2CC(C)(C)F)c(Cl)c1. The number of fused-ring (bicyclic) bond motifs is 12. The second-order valence-electron chi connectivity index (χ2n) is 36.5. The minimum Gasteiger partial charge on any atom is -0.357 e. The van der Waals surface area contributed by atoms with Crippen LogP contribution in [0.5, 0.6) is 0 Å². The third kappa shape index (κ3) is 22.3. The van der Waals surface area contributed by atoms with Crippen LogP contribution in [0.4, 0.5) is 35.1 Å². The van der Waals surface area contributed by atoms with Crippen molar-refractivity contribution in [3.8, 4) is 0 Å². The summed E-state index contributed by atoms with van der Waals surface area (Å²) in [6.45, 7) is 24.0. The highest BCUT2D eigenvalue weighted by Gasteiger charge is 2.46. The molecule has 8 atom stereocenters. The third-order valence-electron chi connectivity index (χ3n) is 23.8. The van der Waals surface area contributed by atoms with Gasteiger partial charge in [0.25, 0.3) is 5.92 Å². The summed E-state index contributed by atoms with van der Waals surface area (Å²) >= 11 is 40.2. The molecule has 2 unspecified atom stereocenters. The smallest absolute Gasteiger partial charge is 0.257 e. The summed E-state index contributed by atoms with van der Waals surface area (Å²) < 4.78 is 118. The van der Waals surface area contributed by atoms with Crippen molar-refractivity contribution in [1.82, 2.24) is 39.5 Å². The Morgan fingerprint density at radius 2 is 0.581 bits per heavy atom. The van der Waals surface area contributed by atoms with Crippen molar-refractivity contribution in [3.05, 3.63) is 301 Å². The molecule has 0 aliphatic carbocycles. The lowest BCUT2D eigenvalue weighted by Gasteiger charge is -2.43. The van der Waals surface area contributed by atoms with E-state index in [1.807, 2.05) is 97.3 Å². The first-order valence-electron chi connectivity index (χ1n) is 42.9.